The van der Waals surface area contributed by atoms with Crippen molar-refractivity contribution in [3.8, 4) is 0 Å². The summed E-state index contributed by atoms with van der Waals surface area (Å²) in [5.74, 6) is -1.34. The fourth-order valence-electron chi connectivity index (χ4n) is 3.14. The number of benzene rings is 2. The van der Waals surface area contributed by atoms with Crippen LogP contribution in [0.3, 0.4) is 0 Å². The second-order valence-electron chi connectivity index (χ2n) is 6.15. The van der Waals surface area contributed by atoms with E-state index in [0.29, 0.717) is 21.3 Å². The summed E-state index contributed by atoms with van der Waals surface area (Å²) in [6.07, 6.45) is 0. The third-order valence-electron chi connectivity index (χ3n) is 4.31. The van der Waals surface area contributed by atoms with Crippen LogP contribution in [0.15, 0.2) is 46.9 Å². The van der Waals surface area contributed by atoms with Crippen molar-refractivity contribution < 1.29 is 14.4 Å². The fraction of sp³-hybridized carbons (Fsp3) is 0.105. The average Bonchev–Trinajstić information content (AvgIpc) is 3.08. The van der Waals surface area contributed by atoms with Crippen molar-refractivity contribution in [3.05, 3.63) is 63.8 Å². The van der Waals surface area contributed by atoms with E-state index in [9.17, 15) is 14.4 Å². The highest BCUT2D eigenvalue weighted by Crippen LogP contribution is 2.27. The molecule has 0 unspecified atom stereocenters. The second-order valence-corrected chi connectivity index (χ2v) is 7.07. The van der Waals surface area contributed by atoms with E-state index in [4.69, 9.17) is 0 Å². The predicted molar refractivity (Wildman–Crippen MR) is 101 cm³/mol. The minimum absolute atomic E-state index is 0.306. The molecule has 3 amide bonds. The molecule has 2 heterocycles. The largest absolute Gasteiger partial charge is 0.359 e. The van der Waals surface area contributed by atoms with Crippen LogP contribution in [0.5, 0.6) is 0 Å². The number of hydrogen-bond acceptors (Lipinski definition) is 3. The molecule has 0 spiro atoms. The number of carbonyl (C=O) groups excluding carboxylic acids is 3. The highest BCUT2D eigenvalue weighted by Gasteiger charge is 2.36. The van der Waals surface area contributed by atoms with Crippen LogP contribution < -0.4 is 5.32 Å². The van der Waals surface area contributed by atoms with E-state index in [0.717, 1.165) is 21.5 Å². The number of H-pyrrole nitrogens is 1. The van der Waals surface area contributed by atoms with E-state index in [-0.39, 0.29) is 6.54 Å². The van der Waals surface area contributed by atoms with E-state index in [1.807, 2.05) is 25.1 Å². The Hall–Kier alpha value is -2.93. The number of amides is 3. The first-order chi connectivity index (χ1) is 12.4. The summed E-state index contributed by atoms with van der Waals surface area (Å²) >= 11 is 3.29. The van der Waals surface area contributed by atoms with Gasteiger partial charge in [0.1, 0.15) is 6.54 Å². The van der Waals surface area contributed by atoms with Crippen molar-refractivity contribution in [3.63, 3.8) is 0 Å². The maximum atomic E-state index is 12.5. The Morgan fingerprint density at radius 3 is 2.69 bits per heavy atom. The van der Waals surface area contributed by atoms with Gasteiger partial charge in [-0.15, -0.1) is 0 Å². The molecule has 0 bridgehead atoms. The summed E-state index contributed by atoms with van der Waals surface area (Å²) in [5, 5.41) is 3.67. The van der Waals surface area contributed by atoms with Crippen LogP contribution in [-0.4, -0.2) is 34.2 Å². The van der Waals surface area contributed by atoms with Crippen LogP contribution in [0.4, 0.5) is 5.69 Å². The van der Waals surface area contributed by atoms with Crippen LogP contribution >= 0.6 is 15.9 Å². The monoisotopic (exact) mass is 411 g/mol. The van der Waals surface area contributed by atoms with Gasteiger partial charge in [-0.3, -0.25) is 19.3 Å². The number of imide groups is 1. The molecule has 0 fully saturated rings. The Balaban J connectivity index is 1.55. The molecule has 1 aliphatic rings. The first-order valence-corrected chi connectivity index (χ1v) is 8.77. The summed E-state index contributed by atoms with van der Waals surface area (Å²) in [6, 6.07) is 12.3. The molecule has 1 aliphatic heterocycles. The van der Waals surface area contributed by atoms with Crippen molar-refractivity contribution in [1.82, 2.24) is 9.88 Å². The standard InChI is InChI=1S/C19H14BrN3O3/c1-10-7-14-15(21-10)3-2-4-16(14)22-17(24)9-23-18(25)12-6-5-11(20)8-13(12)19(23)26/h2-8,21H,9H2,1H3,(H,22,24). The Labute approximate surface area is 157 Å². The van der Waals surface area contributed by atoms with Gasteiger partial charge >= 0.3 is 0 Å². The van der Waals surface area contributed by atoms with Crippen molar-refractivity contribution in [2.75, 3.05) is 11.9 Å². The van der Waals surface area contributed by atoms with Gasteiger partial charge in [0.2, 0.25) is 5.91 Å². The highest BCUT2D eigenvalue weighted by molar-refractivity contribution is 9.10. The first kappa shape index (κ1) is 16.5. The van der Waals surface area contributed by atoms with Crippen LogP contribution in [0.25, 0.3) is 10.9 Å². The molecule has 26 heavy (non-hydrogen) atoms. The van der Waals surface area contributed by atoms with E-state index >= 15 is 0 Å². The normalized spacial score (nSPS) is 13.4. The summed E-state index contributed by atoms with van der Waals surface area (Å²) in [5.41, 5.74) is 3.14. The van der Waals surface area contributed by atoms with E-state index in [2.05, 4.69) is 26.2 Å². The number of carbonyl (C=O) groups is 3. The number of halogens is 1. The first-order valence-electron chi connectivity index (χ1n) is 7.98. The van der Waals surface area contributed by atoms with Gasteiger partial charge in [0, 0.05) is 21.1 Å². The molecule has 7 heteroatoms. The number of nitrogens with zero attached hydrogens (tertiary/aromatic N) is 1. The molecule has 0 saturated heterocycles. The van der Waals surface area contributed by atoms with Crippen molar-refractivity contribution >= 4 is 50.2 Å². The van der Waals surface area contributed by atoms with Gasteiger partial charge in [0.15, 0.2) is 0 Å². The van der Waals surface area contributed by atoms with Gasteiger partial charge in [0.25, 0.3) is 11.8 Å². The van der Waals surface area contributed by atoms with Crippen LogP contribution in [0.2, 0.25) is 0 Å². The Bertz CT molecular complexity index is 1090. The van der Waals surface area contributed by atoms with Crippen molar-refractivity contribution in [1.29, 1.82) is 0 Å². The number of rotatable bonds is 3. The lowest BCUT2D eigenvalue weighted by molar-refractivity contribution is -0.116. The number of fused-ring (bicyclic) bond motifs is 2. The fourth-order valence-corrected chi connectivity index (χ4v) is 3.50. The molecule has 0 radical (unpaired) electrons. The number of aromatic amines is 1. The Morgan fingerprint density at radius 2 is 1.88 bits per heavy atom. The molecule has 2 N–H and O–H groups in total. The van der Waals surface area contributed by atoms with Crippen molar-refractivity contribution in [2.45, 2.75) is 6.92 Å². The molecule has 130 valence electrons. The van der Waals surface area contributed by atoms with Crippen LogP contribution in [-0.2, 0) is 4.79 Å². The third-order valence-corrected chi connectivity index (χ3v) is 4.80. The zero-order valence-electron chi connectivity index (χ0n) is 13.8. The molecule has 0 atom stereocenters. The average molecular weight is 412 g/mol. The van der Waals surface area contributed by atoms with Crippen LogP contribution in [0.1, 0.15) is 26.4 Å². The Kier molecular flexibility index (Phi) is 3.88. The number of hydrogen-bond donors (Lipinski definition) is 2. The maximum absolute atomic E-state index is 12.5. The highest BCUT2D eigenvalue weighted by atomic mass is 79.9. The lowest BCUT2D eigenvalue weighted by Crippen LogP contribution is -2.37. The smallest absolute Gasteiger partial charge is 0.262 e. The van der Waals surface area contributed by atoms with Gasteiger partial charge in [-0.2, -0.15) is 0 Å². The number of aromatic nitrogens is 1. The van der Waals surface area contributed by atoms with E-state index in [1.165, 1.54) is 0 Å². The number of anilines is 1. The molecule has 6 nitrogen and oxygen atoms in total. The van der Waals surface area contributed by atoms with E-state index in [1.54, 1.807) is 24.3 Å². The lowest BCUT2D eigenvalue weighted by Gasteiger charge is -2.14. The summed E-state index contributed by atoms with van der Waals surface area (Å²) < 4.78 is 0.707. The molecule has 3 aromatic rings. The topological polar surface area (TPSA) is 82.3 Å². The van der Waals surface area contributed by atoms with E-state index < -0.39 is 17.7 Å². The minimum atomic E-state index is -0.461. The minimum Gasteiger partial charge on any atom is -0.359 e. The quantitative estimate of drug-likeness (QED) is 0.647. The number of nitrogens with one attached hydrogen (secondary N) is 2. The zero-order valence-corrected chi connectivity index (χ0v) is 15.4. The molecule has 0 saturated carbocycles. The third kappa shape index (κ3) is 2.70. The summed E-state index contributed by atoms with van der Waals surface area (Å²) in [6.45, 7) is 1.60. The summed E-state index contributed by atoms with van der Waals surface area (Å²) in [7, 11) is 0. The van der Waals surface area contributed by atoms with Crippen LogP contribution in [0, 0.1) is 6.92 Å². The second kappa shape index (κ2) is 6.10. The van der Waals surface area contributed by atoms with Gasteiger partial charge in [-0.1, -0.05) is 22.0 Å². The number of aryl methyl sites for hydroxylation is 1. The molecule has 4 rings (SSSR count). The van der Waals surface area contributed by atoms with Gasteiger partial charge in [-0.05, 0) is 43.3 Å². The Morgan fingerprint density at radius 1 is 1.12 bits per heavy atom. The predicted octanol–water partition coefficient (Wildman–Crippen LogP) is 3.47. The van der Waals surface area contributed by atoms with Gasteiger partial charge in [-0.25, -0.2) is 0 Å². The van der Waals surface area contributed by atoms with Gasteiger partial charge < -0.3 is 10.3 Å². The molecule has 1 aromatic heterocycles. The van der Waals surface area contributed by atoms with Crippen molar-refractivity contribution in [2.24, 2.45) is 0 Å². The molecular weight excluding hydrogens is 398 g/mol. The van der Waals surface area contributed by atoms with Gasteiger partial charge in [0.05, 0.1) is 16.8 Å². The lowest BCUT2D eigenvalue weighted by atomic mass is 10.1. The molecular formula is C19H14BrN3O3. The SMILES string of the molecule is Cc1cc2c(NC(=O)CN3C(=O)c4ccc(Br)cc4C3=O)cccc2[nH]1. The molecule has 0 aliphatic carbocycles. The zero-order chi connectivity index (χ0) is 18.4. The maximum Gasteiger partial charge on any atom is 0.262 e. The summed E-state index contributed by atoms with van der Waals surface area (Å²) in [4.78, 5) is 41.5. The molecule has 2 aromatic carbocycles.